The molecule has 0 saturated carbocycles. The van der Waals surface area contributed by atoms with Crippen molar-refractivity contribution in [3.63, 3.8) is 0 Å². The molecule has 4 aromatic rings. The van der Waals surface area contributed by atoms with Crippen LogP contribution in [0.15, 0.2) is 47.3 Å². The van der Waals surface area contributed by atoms with Gasteiger partial charge in [0.15, 0.2) is 22.8 Å². The maximum Gasteiger partial charge on any atom is 0.434 e. The van der Waals surface area contributed by atoms with Crippen molar-refractivity contribution in [1.29, 1.82) is 0 Å². The Hall–Kier alpha value is -3.53. The van der Waals surface area contributed by atoms with E-state index in [9.17, 15) is 31.1 Å². The zero-order valence-corrected chi connectivity index (χ0v) is 17.2. The number of aromatic amines is 1. The van der Waals surface area contributed by atoms with E-state index in [2.05, 4.69) is 9.97 Å². The number of hydrogen-bond donors (Lipinski definition) is 1. The number of rotatable bonds is 3. The second-order valence-electron chi connectivity index (χ2n) is 6.97. The molecule has 11 heteroatoms. The predicted molar refractivity (Wildman–Crippen MR) is 109 cm³/mol. The molecule has 4 nitrogen and oxygen atoms in total. The van der Waals surface area contributed by atoms with Crippen LogP contribution in [0.3, 0.4) is 0 Å². The van der Waals surface area contributed by atoms with Crippen molar-refractivity contribution in [3.05, 3.63) is 86.4 Å². The van der Waals surface area contributed by atoms with Crippen LogP contribution in [0.5, 0.6) is 11.6 Å². The van der Waals surface area contributed by atoms with Gasteiger partial charge in [0.2, 0.25) is 5.88 Å². The Morgan fingerprint density at radius 3 is 2.45 bits per heavy atom. The van der Waals surface area contributed by atoms with E-state index < -0.39 is 45.7 Å². The van der Waals surface area contributed by atoms with Crippen molar-refractivity contribution in [3.8, 4) is 22.9 Å². The van der Waals surface area contributed by atoms with Crippen LogP contribution in [0, 0.1) is 24.4 Å². The van der Waals surface area contributed by atoms with Gasteiger partial charge in [0.05, 0.1) is 21.8 Å². The number of nitrogens with zero attached hydrogens (tertiary/aromatic N) is 1. The van der Waals surface area contributed by atoms with Gasteiger partial charge in [-0.05, 0) is 37.3 Å². The van der Waals surface area contributed by atoms with Gasteiger partial charge >= 0.3 is 6.18 Å². The van der Waals surface area contributed by atoms with Crippen molar-refractivity contribution < 1.29 is 31.1 Å². The van der Waals surface area contributed by atoms with E-state index in [0.29, 0.717) is 0 Å². The molecule has 170 valence electrons. The molecule has 2 aromatic carbocycles. The van der Waals surface area contributed by atoms with E-state index in [1.54, 1.807) is 0 Å². The van der Waals surface area contributed by atoms with Crippen LogP contribution in [0.25, 0.3) is 22.2 Å². The van der Waals surface area contributed by atoms with Crippen LogP contribution >= 0.6 is 11.6 Å². The number of para-hydroxylation sites is 1. The summed E-state index contributed by atoms with van der Waals surface area (Å²) in [5.41, 5.74) is -3.06. The molecule has 0 bridgehead atoms. The third-order valence-electron chi connectivity index (χ3n) is 4.81. The van der Waals surface area contributed by atoms with Gasteiger partial charge in [0.1, 0.15) is 11.6 Å². The Morgan fingerprint density at radius 1 is 1.03 bits per heavy atom. The van der Waals surface area contributed by atoms with Gasteiger partial charge in [-0.1, -0.05) is 17.7 Å². The molecule has 33 heavy (non-hydrogen) atoms. The Labute approximate surface area is 186 Å². The Bertz CT molecular complexity index is 1470. The smallest absolute Gasteiger partial charge is 0.434 e. The summed E-state index contributed by atoms with van der Waals surface area (Å²) in [5.74, 6) is -4.27. The predicted octanol–water partition coefficient (Wildman–Crippen LogP) is 6.78. The lowest BCUT2D eigenvalue weighted by molar-refractivity contribution is -0.141. The lowest BCUT2D eigenvalue weighted by atomic mass is 10.1. The number of benzene rings is 2. The molecular formula is C22H11ClF6N2O2. The first-order valence-corrected chi connectivity index (χ1v) is 9.57. The molecule has 2 heterocycles. The minimum atomic E-state index is -4.97. The van der Waals surface area contributed by atoms with Crippen LogP contribution < -0.4 is 10.2 Å². The summed E-state index contributed by atoms with van der Waals surface area (Å²) in [6, 6.07) is 7.34. The third-order valence-corrected chi connectivity index (χ3v) is 5.10. The van der Waals surface area contributed by atoms with E-state index in [-0.39, 0.29) is 33.5 Å². The molecule has 1 N–H and O–H groups in total. The largest absolute Gasteiger partial charge is 0.438 e. The first kappa shape index (κ1) is 22.7. The molecule has 0 radical (unpaired) electrons. The molecule has 0 amide bonds. The van der Waals surface area contributed by atoms with E-state index in [0.717, 1.165) is 37.3 Å². The highest BCUT2D eigenvalue weighted by molar-refractivity contribution is 6.31. The van der Waals surface area contributed by atoms with Crippen LogP contribution in [0.4, 0.5) is 26.3 Å². The molecule has 0 unspecified atom stereocenters. The molecule has 0 aliphatic carbocycles. The van der Waals surface area contributed by atoms with E-state index in [4.69, 9.17) is 16.3 Å². The quantitative estimate of drug-likeness (QED) is 0.326. The minimum absolute atomic E-state index is 0.00337. The average molecular weight is 485 g/mol. The van der Waals surface area contributed by atoms with Crippen molar-refractivity contribution in [2.24, 2.45) is 0 Å². The zero-order chi connectivity index (χ0) is 24.1. The fourth-order valence-corrected chi connectivity index (χ4v) is 3.43. The van der Waals surface area contributed by atoms with E-state index >= 15 is 0 Å². The van der Waals surface area contributed by atoms with Gasteiger partial charge in [-0.15, -0.1) is 0 Å². The molecular weight excluding hydrogens is 474 g/mol. The number of halogens is 7. The Morgan fingerprint density at radius 2 is 1.76 bits per heavy atom. The van der Waals surface area contributed by atoms with E-state index in [1.807, 2.05) is 0 Å². The van der Waals surface area contributed by atoms with Gasteiger partial charge in [-0.25, -0.2) is 18.2 Å². The topological polar surface area (TPSA) is 55.0 Å². The van der Waals surface area contributed by atoms with Gasteiger partial charge in [0.25, 0.3) is 0 Å². The number of nitrogens with one attached hydrogen (secondary N) is 1. The van der Waals surface area contributed by atoms with Gasteiger partial charge in [0, 0.05) is 17.0 Å². The number of pyridine rings is 2. The first-order chi connectivity index (χ1) is 15.5. The number of fused-ring (bicyclic) bond motifs is 1. The average Bonchev–Trinajstić information content (AvgIpc) is 2.74. The molecule has 0 spiro atoms. The summed E-state index contributed by atoms with van der Waals surface area (Å²) in [4.78, 5) is 18.5. The fourth-order valence-electron chi connectivity index (χ4n) is 3.17. The lowest BCUT2D eigenvalue weighted by Gasteiger charge is -2.16. The van der Waals surface area contributed by atoms with Crippen molar-refractivity contribution in [1.82, 2.24) is 9.97 Å². The highest BCUT2D eigenvalue weighted by atomic mass is 35.5. The molecule has 0 aliphatic rings. The number of ether oxygens (including phenoxy) is 1. The monoisotopic (exact) mass is 484 g/mol. The second kappa shape index (κ2) is 8.11. The maximum atomic E-state index is 14.3. The van der Waals surface area contributed by atoms with E-state index in [1.165, 1.54) is 12.1 Å². The summed E-state index contributed by atoms with van der Waals surface area (Å²) in [6.07, 6.45) is -4.97. The molecule has 0 aliphatic heterocycles. The molecule has 4 rings (SSSR count). The summed E-state index contributed by atoms with van der Waals surface area (Å²) in [7, 11) is 0. The zero-order valence-electron chi connectivity index (χ0n) is 16.5. The first-order valence-electron chi connectivity index (χ1n) is 9.19. The molecule has 0 atom stereocenters. The van der Waals surface area contributed by atoms with Crippen molar-refractivity contribution in [2.45, 2.75) is 13.1 Å². The Balaban J connectivity index is 1.98. The summed E-state index contributed by atoms with van der Waals surface area (Å²) in [6.45, 7) is 1.15. The second-order valence-corrected chi connectivity index (χ2v) is 7.37. The van der Waals surface area contributed by atoms with Crippen molar-refractivity contribution in [2.75, 3.05) is 0 Å². The third kappa shape index (κ3) is 4.13. The van der Waals surface area contributed by atoms with Gasteiger partial charge in [-0.2, -0.15) is 13.2 Å². The molecule has 0 saturated heterocycles. The minimum Gasteiger partial charge on any atom is -0.438 e. The number of H-pyrrole nitrogens is 1. The van der Waals surface area contributed by atoms with Gasteiger partial charge < -0.3 is 9.72 Å². The highest BCUT2D eigenvalue weighted by Crippen LogP contribution is 2.41. The number of hydrogen-bond acceptors (Lipinski definition) is 3. The summed E-state index contributed by atoms with van der Waals surface area (Å²) in [5, 5.41) is -0.815. The van der Waals surface area contributed by atoms with Crippen molar-refractivity contribution >= 4 is 22.5 Å². The standard InChI is InChI=1S/C22H11ClF6N2O2/c1-9-17(6-5-13(24)18(9)26)33-21-11(7-12(23)20(31-21)22(27,28)29)15-8-16(32)10-3-2-4-14(25)19(10)30-15/h2-8H,1H3,(H,30,32). The summed E-state index contributed by atoms with van der Waals surface area (Å²) >= 11 is 5.79. The molecule has 0 fully saturated rings. The number of aromatic nitrogens is 2. The molecule has 2 aromatic heterocycles. The van der Waals surface area contributed by atoms with Gasteiger partial charge in [-0.3, -0.25) is 4.79 Å². The van der Waals surface area contributed by atoms with Crippen LogP contribution in [0.2, 0.25) is 5.02 Å². The summed E-state index contributed by atoms with van der Waals surface area (Å²) < 4.78 is 87.3. The maximum absolute atomic E-state index is 14.3. The normalized spacial score (nSPS) is 11.8. The van der Waals surface area contributed by atoms with Crippen LogP contribution in [-0.2, 0) is 6.18 Å². The highest BCUT2D eigenvalue weighted by Gasteiger charge is 2.37. The SMILES string of the molecule is Cc1c(Oc2nc(C(F)(F)F)c(Cl)cc2-c2cc(=O)c3cccc(F)c3[nH]2)ccc(F)c1F. The lowest BCUT2D eigenvalue weighted by Crippen LogP contribution is -2.11. The number of alkyl halides is 3. The van der Waals surface area contributed by atoms with Crippen LogP contribution in [0.1, 0.15) is 11.3 Å². The Kier molecular flexibility index (Phi) is 5.57. The van der Waals surface area contributed by atoms with Crippen LogP contribution in [-0.4, -0.2) is 9.97 Å². The fraction of sp³-hybridized carbons (Fsp3) is 0.0909.